The van der Waals surface area contributed by atoms with E-state index in [1.54, 1.807) is 6.92 Å². The van der Waals surface area contributed by atoms with Gasteiger partial charge in [-0.2, -0.15) is 0 Å². The van der Waals surface area contributed by atoms with E-state index in [0.717, 1.165) is 12.8 Å². The van der Waals surface area contributed by atoms with Crippen molar-refractivity contribution in [3.63, 3.8) is 0 Å². The number of hydrogen-bond acceptors (Lipinski definition) is 3. The van der Waals surface area contributed by atoms with Crippen molar-refractivity contribution in [1.29, 1.82) is 0 Å². The number of aliphatic hydroxyl groups excluding tert-OH is 1. The lowest BCUT2D eigenvalue weighted by molar-refractivity contribution is -0.137. The number of aliphatic hydroxyl groups is 1. The summed E-state index contributed by atoms with van der Waals surface area (Å²) in [6.07, 6.45) is 3.93. The van der Waals surface area contributed by atoms with Crippen molar-refractivity contribution < 1.29 is 14.6 Å². The first-order chi connectivity index (χ1) is 6.61. The number of esters is 1. The molecule has 0 aliphatic heterocycles. The minimum absolute atomic E-state index is 0.00169. The molecule has 0 heterocycles. The van der Waals surface area contributed by atoms with E-state index in [0.29, 0.717) is 6.61 Å². The number of rotatable bonds is 6. The van der Waals surface area contributed by atoms with Gasteiger partial charge >= 0.3 is 5.97 Å². The van der Waals surface area contributed by atoms with Gasteiger partial charge in [0.25, 0.3) is 0 Å². The van der Waals surface area contributed by atoms with Gasteiger partial charge in [-0.15, -0.1) is 0 Å². The molecule has 0 aromatic rings. The van der Waals surface area contributed by atoms with E-state index in [9.17, 15) is 9.90 Å². The Balaban J connectivity index is 3.90. The Hall–Kier alpha value is -0.350. The maximum atomic E-state index is 10.9. The second-order valence-electron chi connectivity index (χ2n) is 2.91. The van der Waals surface area contributed by atoms with Crippen molar-refractivity contribution in [2.75, 3.05) is 6.61 Å². The molecule has 0 fully saturated rings. The van der Waals surface area contributed by atoms with Gasteiger partial charge in [-0.1, -0.05) is 29.3 Å². The topological polar surface area (TPSA) is 46.5 Å². The van der Waals surface area contributed by atoms with Crippen molar-refractivity contribution in [2.45, 2.75) is 37.6 Å². The quantitative estimate of drug-likeness (QED) is 0.454. The molecule has 4 heteroatoms. The number of ether oxygens (including phenoxy) is 1. The molecule has 0 aromatic carbocycles. The van der Waals surface area contributed by atoms with Crippen LogP contribution in [0.5, 0.6) is 0 Å². The average molecular weight is 265 g/mol. The lowest BCUT2D eigenvalue weighted by Crippen LogP contribution is -2.17. The van der Waals surface area contributed by atoms with Gasteiger partial charge in [-0.05, 0) is 19.4 Å². The van der Waals surface area contributed by atoms with Crippen molar-refractivity contribution >= 4 is 21.9 Å². The molecule has 0 saturated heterocycles. The summed E-state index contributed by atoms with van der Waals surface area (Å²) < 4.78 is 4.68. The van der Waals surface area contributed by atoms with Crippen LogP contribution in [0.2, 0.25) is 0 Å². The molecule has 0 unspecified atom stereocenters. The zero-order chi connectivity index (χ0) is 11.0. The molecular formula is C10H17BrO3. The fourth-order valence-electron chi connectivity index (χ4n) is 0.935. The molecule has 0 aromatic heterocycles. The smallest absolute Gasteiger partial charge is 0.330 e. The summed E-state index contributed by atoms with van der Waals surface area (Å²) in [5, 5.41) is 9.52. The molecule has 2 atom stereocenters. The molecule has 0 amide bonds. The molecule has 0 aliphatic carbocycles. The highest BCUT2D eigenvalue weighted by Crippen LogP contribution is 2.13. The highest BCUT2D eigenvalue weighted by Gasteiger charge is 2.11. The highest BCUT2D eigenvalue weighted by atomic mass is 79.9. The van der Waals surface area contributed by atoms with Crippen LogP contribution >= 0.6 is 15.9 Å². The standard InChI is InChI=1S/C10H17BrO3/c1-3-5-8(11)9(12)6-7-10(13)14-4-2/h6-9,12H,3-5H2,1-2H3/b7-6+/t8-,9+/m0/s1. The SMILES string of the molecule is CCC[C@H](Br)[C@H](O)/C=C/C(=O)OCC. The Bertz CT molecular complexity index is 192. The summed E-state index contributed by atoms with van der Waals surface area (Å²) in [5.41, 5.74) is 0. The second kappa shape index (κ2) is 8.00. The third-order valence-electron chi connectivity index (χ3n) is 1.65. The normalized spacial score (nSPS) is 15.4. The van der Waals surface area contributed by atoms with Crippen LogP contribution in [0.3, 0.4) is 0 Å². The van der Waals surface area contributed by atoms with E-state index in [2.05, 4.69) is 20.7 Å². The lowest BCUT2D eigenvalue weighted by atomic mass is 10.1. The molecule has 82 valence electrons. The molecule has 0 rings (SSSR count). The zero-order valence-electron chi connectivity index (χ0n) is 8.57. The van der Waals surface area contributed by atoms with Crippen LogP contribution in [0, 0.1) is 0 Å². The van der Waals surface area contributed by atoms with Gasteiger partial charge < -0.3 is 9.84 Å². The summed E-state index contributed by atoms with van der Waals surface area (Å²) in [7, 11) is 0. The summed E-state index contributed by atoms with van der Waals surface area (Å²) in [4.78, 5) is 10.9. The Labute approximate surface area is 93.3 Å². The first-order valence-corrected chi connectivity index (χ1v) is 5.70. The van der Waals surface area contributed by atoms with Crippen molar-refractivity contribution in [2.24, 2.45) is 0 Å². The maximum absolute atomic E-state index is 10.9. The largest absolute Gasteiger partial charge is 0.463 e. The van der Waals surface area contributed by atoms with Crippen LogP contribution in [-0.4, -0.2) is 28.6 Å². The van der Waals surface area contributed by atoms with Crippen LogP contribution in [-0.2, 0) is 9.53 Å². The summed E-state index contributed by atoms with van der Waals surface area (Å²) in [6, 6.07) is 0. The second-order valence-corrected chi connectivity index (χ2v) is 4.08. The Kier molecular flexibility index (Phi) is 7.80. The van der Waals surface area contributed by atoms with Crippen LogP contribution in [0.1, 0.15) is 26.7 Å². The van der Waals surface area contributed by atoms with E-state index >= 15 is 0 Å². The molecule has 1 N–H and O–H groups in total. The Morgan fingerprint density at radius 3 is 2.71 bits per heavy atom. The Morgan fingerprint density at radius 1 is 1.57 bits per heavy atom. The number of alkyl halides is 1. The number of hydrogen-bond donors (Lipinski definition) is 1. The Morgan fingerprint density at radius 2 is 2.21 bits per heavy atom. The fraction of sp³-hybridized carbons (Fsp3) is 0.700. The van der Waals surface area contributed by atoms with E-state index < -0.39 is 12.1 Å². The molecule has 0 saturated carbocycles. The third-order valence-corrected chi connectivity index (χ3v) is 2.65. The molecule has 0 bridgehead atoms. The van der Waals surface area contributed by atoms with Crippen LogP contribution in [0.4, 0.5) is 0 Å². The van der Waals surface area contributed by atoms with E-state index in [-0.39, 0.29) is 4.83 Å². The fourth-order valence-corrected chi connectivity index (χ4v) is 1.57. The number of carbonyl (C=O) groups excluding carboxylic acids is 1. The third kappa shape index (κ3) is 6.16. The molecule has 0 spiro atoms. The van der Waals surface area contributed by atoms with Gasteiger partial charge in [-0.25, -0.2) is 4.79 Å². The first kappa shape index (κ1) is 13.7. The van der Waals surface area contributed by atoms with Crippen LogP contribution in [0.15, 0.2) is 12.2 Å². The van der Waals surface area contributed by atoms with Gasteiger partial charge in [0.2, 0.25) is 0 Å². The molecule has 14 heavy (non-hydrogen) atoms. The molecule has 3 nitrogen and oxygen atoms in total. The van der Waals surface area contributed by atoms with Crippen molar-refractivity contribution in [3.05, 3.63) is 12.2 Å². The zero-order valence-corrected chi connectivity index (χ0v) is 10.2. The highest BCUT2D eigenvalue weighted by molar-refractivity contribution is 9.09. The number of carbonyl (C=O) groups is 1. The maximum Gasteiger partial charge on any atom is 0.330 e. The monoisotopic (exact) mass is 264 g/mol. The van der Waals surface area contributed by atoms with E-state index in [4.69, 9.17) is 0 Å². The summed E-state index contributed by atoms with van der Waals surface area (Å²) >= 11 is 3.34. The summed E-state index contributed by atoms with van der Waals surface area (Å²) in [6.45, 7) is 4.13. The predicted molar refractivity (Wildman–Crippen MR) is 59.4 cm³/mol. The minimum Gasteiger partial charge on any atom is -0.463 e. The van der Waals surface area contributed by atoms with Crippen LogP contribution in [0.25, 0.3) is 0 Å². The molecule has 0 aliphatic rings. The predicted octanol–water partition coefficient (Wildman–Crippen LogP) is 2.03. The lowest BCUT2D eigenvalue weighted by Gasteiger charge is -2.11. The van der Waals surface area contributed by atoms with Gasteiger partial charge in [0.05, 0.1) is 12.7 Å². The van der Waals surface area contributed by atoms with Crippen LogP contribution < -0.4 is 0 Å². The van der Waals surface area contributed by atoms with Gasteiger partial charge in [0.1, 0.15) is 0 Å². The van der Waals surface area contributed by atoms with E-state index in [1.165, 1.54) is 12.2 Å². The van der Waals surface area contributed by atoms with Crippen molar-refractivity contribution in [3.8, 4) is 0 Å². The van der Waals surface area contributed by atoms with Gasteiger partial charge in [0, 0.05) is 10.9 Å². The summed E-state index contributed by atoms with van der Waals surface area (Å²) in [5.74, 6) is -0.414. The van der Waals surface area contributed by atoms with Gasteiger partial charge in [-0.3, -0.25) is 0 Å². The first-order valence-electron chi connectivity index (χ1n) is 4.78. The average Bonchev–Trinajstić information content (AvgIpc) is 2.15. The minimum atomic E-state index is -0.639. The van der Waals surface area contributed by atoms with Crippen molar-refractivity contribution in [1.82, 2.24) is 0 Å². The molecular weight excluding hydrogens is 248 g/mol. The van der Waals surface area contributed by atoms with Gasteiger partial charge in [0.15, 0.2) is 0 Å². The van der Waals surface area contributed by atoms with E-state index in [1.807, 2.05) is 6.92 Å². The number of halogens is 1. The molecule has 0 radical (unpaired) electrons.